The number of rotatable bonds is 4. The van der Waals surface area contributed by atoms with E-state index in [1.54, 1.807) is 12.4 Å². The summed E-state index contributed by atoms with van der Waals surface area (Å²) in [4.78, 5) is 16.3. The molecule has 20 heavy (non-hydrogen) atoms. The predicted octanol–water partition coefficient (Wildman–Crippen LogP) is 2.21. The van der Waals surface area contributed by atoms with Crippen molar-refractivity contribution in [2.75, 3.05) is 5.32 Å². The number of nitrogens with one attached hydrogen (secondary N) is 1. The van der Waals surface area contributed by atoms with Gasteiger partial charge in [-0.25, -0.2) is 4.68 Å². The minimum absolute atomic E-state index is 0.0443. The van der Waals surface area contributed by atoms with Crippen molar-refractivity contribution in [3.8, 4) is 12.3 Å². The molecule has 6 heteroatoms. The molecule has 102 valence electrons. The fourth-order valence-corrected chi connectivity index (χ4v) is 2.13. The molecule has 0 spiro atoms. The van der Waals surface area contributed by atoms with Crippen LogP contribution in [0, 0.1) is 12.3 Å². The fourth-order valence-electron chi connectivity index (χ4n) is 1.70. The summed E-state index contributed by atoms with van der Waals surface area (Å²) < 4.78 is 1.63. The van der Waals surface area contributed by atoms with Gasteiger partial charge in [0.2, 0.25) is 0 Å². The Balaban J connectivity index is 2.25. The SMILES string of the molecule is C#CCn1ncc(NC(C)c2ccccn2)c(Br)c1=O. The maximum absolute atomic E-state index is 12.0. The predicted molar refractivity (Wildman–Crippen MR) is 81.3 cm³/mol. The molecule has 0 aliphatic carbocycles. The van der Waals surface area contributed by atoms with Gasteiger partial charge in [0.05, 0.1) is 23.6 Å². The molecule has 0 radical (unpaired) electrons. The lowest BCUT2D eigenvalue weighted by Gasteiger charge is -2.15. The highest BCUT2D eigenvalue weighted by molar-refractivity contribution is 9.10. The molecule has 2 rings (SSSR count). The van der Waals surface area contributed by atoms with Crippen LogP contribution in [0.4, 0.5) is 5.69 Å². The molecule has 1 N–H and O–H groups in total. The summed E-state index contributed by atoms with van der Waals surface area (Å²) in [5.74, 6) is 2.39. The molecule has 5 nitrogen and oxygen atoms in total. The third-order valence-corrected chi connectivity index (χ3v) is 3.50. The van der Waals surface area contributed by atoms with Crippen LogP contribution >= 0.6 is 15.9 Å². The number of halogens is 1. The Morgan fingerprint density at radius 2 is 2.35 bits per heavy atom. The zero-order valence-electron chi connectivity index (χ0n) is 10.9. The second kappa shape index (κ2) is 6.35. The molecule has 2 heterocycles. The van der Waals surface area contributed by atoms with Crippen molar-refractivity contribution in [1.82, 2.24) is 14.8 Å². The summed E-state index contributed by atoms with van der Waals surface area (Å²) in [6, 6.07) is 5.64. The number of aromatic nitrogens is 3. The van der Waals surface area contributed by atoms with Crippen LogP contribution in [0.2, 0.25) is 0 Å². The summed E-state index contributed by atoms with van der Waals surface area (Å²) >= 11 is 3.28. The molecule has 0 saturated carbocycles. The van der Waals surface area contributed by atoms with Gasteiger partial charge in [0.25, 0.3) is 5.56 Å². The maximum atomic E-state index is 12.0. The summed E-state index contributed by atoms with van der Waals surface area (Å²) in [6.07, 6.45) is 8.48. The standard InChI is InChI=1S/C14H13BrN4O/c1-3-8-19-14(20)13(15)12(9-17-19)18-10(2)11-6-4-5-7-16-11/h1,4-7,9-10,18H,8H2,2H3. The normalized spacial score (nSPS) is 11.7. The number of nitrogens with zero attached hydrogens (tertiary/aromatic N) is 3. The highest BCUT2D eigenvalue weighted by Gasteiger charge is 2.12. The average molecular weight is 333 g/mol. The molecule has 0 bridgehead atoms. The van der Waals surface area contributed by atoms with E-state index in [0.29, 0.717) is 10.2 Å². The quantitative estimate of drug-likeness (QED) is 0.872. The Morgan fingerprint density at radius 1 is 1.55 bits per heavy atom. The van der Waals surface area contributed by atoms with Gasteiger partial charge in [-0.3, -0.25) is 9.78 Å². The smallest absolute Gasteiger partial charge is 0.284 e. The monoisotopic (exact) mass is 332 g/mol. The van der Waals surface area contributed by atoms with Crippen LogP contribution in [-0.2, 0) is 6.54 Å². The first kappa shape index (κ1) is 14.3. The first-order chi connectivity index (χ1) is 9.63. The summed E-state index contributed by atoms with van der Waals surface area (Å²) in [5, 5.41) is 7.22. The van der Waals surface area contributed by atoms with Crippen molar-refractivity contribution in [2.24, 2.45) is 0 Å². The lowest BCUT2D eigenvalue weighted by molar-refractivity contribution is 0.658. The van der Waals surface area contributed by atoms with E-state index in [1.165, 1.54) is 4.68 Å². The molecule has 0 aromatic carbocycles. The van der Waals surface area contributed by atoms with E-state index in [-0.39, 0.29) is 18.1 Å². The van der Waals surface area contributed by atoms with E-state index in [2.05, 4.69) is 37.2 Å². The van der Waals surface area contributed by atoms with Crippen molar-refractivity contribution in [2.45, 2.75) is 19.5 Å². The Kier molecular flexibility index (Phi) is 4.53. The zero-order chi connectivity index (χ0) is 14.5. The lowest BCUT2D eigenvalue weighted by atomic mass is 10.2. The minimum Gasteiger partial charge on any atom is -0.375 e. The van der Waals surface area contributed by atoms with Crippen molar-refractivity contribution < 1.29 is 0 Å². The highest BCUT2D eigenvalue weighted by Crippen LogP contribution is 2.21. The number of hydrogen-bond donors (Lipinski definition) is 1. The van der Waals surface area contributed by atoms with Crippen molar-refractivity contribution in [3.05, 3.63) is 51.1 Å². The Bertz CT molecular complexity index is 691. The van der Waals surface area contributed by atoms with E-state index < -0.39 is 0 Å². The van der Waals surface area contributed by atoms with Crippen LogP contribution in [0.1, 0.15) is 18.7 Å². The average Bonchev–Trinajstić information content (AvgIpc) is 2.48. The molecule has 0 aliphatic rings. The van der Waals surface area contributed by atoms with E-state index >= 15 is 0 Å². The largest absolute Gasteiger partial charge is 0.375 e. The second-order valence-electron chi connectivity index (χ2n) is 4.16. The van der Waals surface area contributed by atoms with E-state index in [4.69, 9.17) is 6.42 Å². The molecule has 1 unspecified atom stereocenters. The molecular weight excluding hydrogens is 320 g/mol. The molecule has 2 aromatic rings. The number of hydrogen-bond acceptors (Lipinski definition) is 4. The fraction of sp³-hybridized carbons (Fsp3) is 0.214. The number of pyridine rings is 1. The first-order valence-corrected chi connectivity index (χ1v) is 6.79. The van der Waals surface area contributed by atoms with Crippen LogP contribution in [0.5, 0.6) is 0 Å². The van der Waals surface area contributed by atoms with Gasteiger partial charge < -0.3 is 5.32 Å². The van der Waals surface area contributed by atoms with E-state index in [0.717, 1.165) is 5.69 Å². The third kappa shape index (κ3) is 3.06. The van der Waals surface area contributed by atoms with Gasteiger partial charge >= 0.3 is 0 Å². The second-order valence-corrected chi connectivity index (χ2v) is 4.95. The van der Waals surface area contributed by atoms with Gasteiger partial charge in [-0.1, -0.05) is 12.0 Å². The molecular formula is C14H13BrN4O. The number of anilines is 1. The van der Waals surface area contributed by atoms with Gasteiger partial charge in [-0.05, 0) is 35.0 Å². The third-order valence-electron chi connectivity index (χ3n) is 2.73. The summed E-state index contributed by atoms with van der Waals surface area (Å²) in [6.45, 7) is 2.11. The molecule has 0 saturated heterocycles. The van der Waals surface area contributed by atoms with Gasteiger partial charge in [0.15, 0.2) is 0 Å². The van der Waals surface area contributed by atoms with Crippen LogP contribution < -0.4 is 10.9 Å². The lowest BCUT2D eigenvalue weighted by Crippen LogP contribution is -2.24. The molecule has 2 aromatic heterocycles. The molecule has 0 aliphatic heterocycles. The maximum Gasteiger partial charge on any atom is 0.284 e. The van der Waals surface area contributed by atoms with Crippen LogP contribution in [0.25, 0.3) is 0 Å². The summed E-state index contributed by atoms with van der Waals surface area (Å²) in [5.41, 5.74) is 1.23. The van der Waals surface area contributed by atoms with Crippen molar-refractivity contribution >= 4 is 21.6 Å². The minimum atomic E-state index is -0.263. The van der Waals surface area contributed by atoms with Gasteiger partial charge in [0, 0.05) is 6.20 Å². The molecule has 0 fully saturated rings. The van der Waals surface area contributed by atoms with Crippen molar-refractivity contribution in [1.29, 1.82) is 0 Å². The van der Waals surface area contributed by atoms with Crippen LogP contribution in [0.15, 0.2) is 39.9 Å². The van der Waals surface area contributed by atoms with Gasteiger partial charge in [-0.15, -0.1) is 6.42 Å². The molecule has 0 amide bonds. The Hall–Kier alpha value is -2.13. The van der Waals surface area contributed by atoms with Crippen molar-refractivity contribution in [3.63, 3.8) is 0 Å². The molecule has 1 atom stereocenters. The van der Waals surface area contributed by atoms with Crippen LogP contribution in [0.3, 0.4) is 0 Å². The van der Waals surface area contributed by atoms with E-state index in [1.807, 2.05) is 25.1 Å². The Morgan fingerprint density at radius 3 is 3.00 bits per heavy atom. The topological polar surface area (TPSA) is 59.8 Å². The highest BCUT2D eigenvalue weighted by atomic mass is 79.9. The number of terminal acetylenes is 1. The van der Waals surface area contributed by atoms with Gasteiger partial charge in [0.1, 0.15) is 11.0 Å². The van der Waals surface area contributed by atoms with Crippen LogP contribution in [-0.4, -0.2) is 14.8 Å². The van der Waals surface area contributed by atoms with E-state index in [9.17, 15) is 4.79 Å². The first-order valence-electron chi connectivity index (χ1n) is 6.00. The Labute approximate surface area is 125 Å². The summed E-state index contributed by atoms with van der Waals surface area (Å²) in [7, 11) is 0. The van der Waals surface area contributed by atoms with Gasteiger partial charge in [-0.2, -0.15) is 5.10 Å². The zero-order valence-corrected chi connectivity index (χ0v) is 12.5.